The van der Waals surface area contributed by atoms with Crippen LogP contribution in [0.5, 0.6) is 0 Å². The first-order chi connectivity index (χ1) is 9.83. The van der Waals surface area contributed by atoms with Crippen LogP contribution in [0, 0.1) is 11.8 Å². The molecule has 0 radical (unpaired) electrons. The number of hydrogen-bond acceptors (Lipinski definition) is 5. The minimum atomic E-state index is 0.0959. The Morgan fingerprint density at radius 1 is 1.30 bits per heavy atom. The first kappa shape index (κ1) is 12.6. The predicted molar refractivity (Wildman–Crippen MR) is 75.6 cm³/mol. The largest absolute Gasteiger partial charge is 0.370 e. The maximum Gasteiger partial charge on any atom is 0.245 e. The first-order valence-electron chi connectivity index (χ1n) is 7.84. The lowest BCUT2D eigenvalue weighted by atomic mass is 9.92. The standard InChI is InChI=1S/C14H23N5O/c1-9-4-6-20-12(9)13-16-14(18-17-13)19-5-2-3-10-7-15-8-11(10)19/h9-12,15H,2-8H2,1H3,(H,16,17,18). The number of rotatable bonds is 2. The van der Waals surface area contributed by atoms with Crippen molar-refractivity contribution < 1.29 is 4.74 Å². The van der Waals surface area contributed by atoms with Crippen molar-refractivity contribution in [3.8, 4) is 0 Å². The highest BCUT2D eigenvalue weighted by molar-refractivity contribution is 5.33. The zero-order valence-electron chi connectivity index (χ0n) is 12.0. The van der Waals surface area contributed by atoms with Crippen LogP contribution < -0.4 is 10.2 Å². The molecule has 4 unspecified atom stereocenters. The van der Waals surface area contributed by atoms with Crippen molar-refractivity contribution in [3.05, 3.63) is 5.82 Å². The Morgan fingerprint density at radius 3 is 3.10 bits per heavy atom. The van der Waals surface area contributed by atoms with Crippen molar-refractivity contribution in [2.45, 2.75) is 38.3 Å². The van der Waals surface area contributed by atoms with Gasteiger partial charge in [-0.25, -0.2) is 0 Å². The molecule has 3 saturated heterocycles. The topological polar surface area (TPSA) is 66.1 Å². The molecule has 2 N–H and O–H groups in total. The molecule has 0 aliphatic carbocycles. The Balaban J connectivity index is 1.55. The summed E-state index contributed by atoms with van der Waals surface area (Å²) in [7, 11) is 0. The smallest absolute Gasteiger partial charge is 0.245 e. The maximum atomic E-state index is 5.77. The molecule has 3 fully saturated rings. The van der Waals surface area contributed by atoms with Gasteiger partial charge in [-0.05, 0) is 31.1 Å². The number of aromatic nitrogens is 3. The zero-order chi connectivity index (χ0) is 13.5. The summed E-state index contributed by atoms with van der Waals surface area (Å²) in [5, 5.41) is 11.1. The average Bonchev–Trinajstić information content (AvgIpc) is 3.17. The molecular weight excluding hydrogens is 254 g/mol. The average molecular weight is 277 g/mol. The van der Waals surface area contributed by atoms with Crippen molar-refractivity contribution in [2.75, 3.05) is 31.1 Å². The van der Waals surface area contributed by atoms with Crippen LogP contribution in [0.15, 0.2) is 0 Å². The summed E-state index contributed by atoms with van der Waals surface area (Å²) in [4.78, 5) is 7.12. The number of hydrogen-bond donors (Lipinski definition) is 2. The van der Waals surface area contributed by atoms with Gasteiger partial charge in [-0.3, -0.25) is 5.10 Å². The molecule has 0 spiro atoms. The second kappa shape index (κ2) is 5.00. The van der Waals surface area contributed by atoms with Gasteiger partial charge in [0.1, 0.15) is 6.10 Å². The van der Waals surface area contributed by atoms with Gasteiger partial charge in [0.2, 0.25) is 5.95 Å². The number of H-pyrrole nitrogens is 1. The van der Waals surface area contributed by atoms with Crippen LogP contribution in [0.2, 0.25) is 0 Å². The molecule has 20 heavy (non-hydrogen) atoms. The summed E-state index contributed by atoms with van der Waals surface area (Å²) >= 11 is 0. The zero-order valence-corrected chi connectivity index (χ0v) is 12.0. The quantitative estimate of drug-likeness (QED) is 0.847. The third kappa shape index (κ3) is 2.02. The molecule has 4 heterocycles. The van der Waals surface area contributed by atoms with Crippen LogP contribution in [0.1, 0.15) is 38.1 Å². The summed E-state index contributed by atoms with van der Waals surface area (Å²) in [6.07, 6.45) is 3.77. The Morgan fingerprint density at radius 2 is 2.25 bits per heavy atom. The highest BCUT2D eigenvalue weighted by Crippen LogP contribution is 2.34. The highest BCUT2D eigenvalue weighted by Gasteiger charge is 2.37. The Kier molecular flexibility index (Phi) is 3.15. The fourth-order valence-corrected chi connectivity index (χ4v) is 3.88. The number of aromatic amines is 1. The Labute approximate surface area is 119 Å². The van der Waals surface area contributed by atoms with Crippen molar-refractivity contribution in [3.63, 3.8) is 0 Å². The molecule has 1 aromatic rings. The maximum absolute atomic E-state index is 5.77. The van der Waals surface area contributed by atoms with E-state index in [1.54, 1.807) is 0 Å². The summed E-state index contributed by atoms with van der Waals surface area (Å²) < 4.78 is 5.77. The molecule has 0 aromatic carbocycles. The second-order valence-corrected chi connectivity index (χ2v) is 6.40. The fourth-order valence-electron chi connectivity index (χ4n) is 3.88. The summed E-state index contributed by atoms with van der Waals surface area (Å²) in [6, 6.07) is 0.564. The van der Waals surface area contributed by atoms with Crippen LogP contribution in [-0.4, -0.2) is 47.5 Å². The molecule has 0 saturated carbocycles. The molecule has 3 aliphatic rings. The van der Waals surface area contributed by atoms with Crippen molar-refractivity contribution >= 4 is 5.95 Å². The van der Waals surface area contributed by atoms with E-state index in [4.69, 9.17) is 9.72 Å². The monoisotopic (exact) mass is 277 g/mol. The summed E-state index contributed by atoms with van der Waals surface area (Å²) in [5.74, 6) is 3.05. The number of nitrogens with one attached hydrogen (secondary N) is 2. The second-order valence-electron chi connectivity index (χ2n) is 6.40. The van der Waals surface area contributed by atoms with E-state index < -0.39 is 0 Å². The molecule has 0 bridgehead atoms. The van der Waals surface area contributed by atoms with Gasteiger partial charge >= 0.3 is 0 Å². The van der Waals surface area contributed by atoms with E-state index in [9.17, 15) is 0 Å². The van der Waals surface area contributed by atoms with E-state index in [2.05, 4.69) is 27.3 Å². The molecule has 4 atom stereocenters. The Bertz CT molecular complexity index is 476. The normalized spacial score (nSPS) is 37.4. The third-order valence-electron chi connectivity index (χ3n) is 5.08. The minimum absolute atomic E-state index is 0.0959. The molecule has 6 heteroatoms. The van der Waals surface area contributed by atoms with E-state index in [1.165, 1.54) is 12.8 Å². The van der Waals surface area contributed by atoms with Gasteiger partial charge in [0.25, 0.3) is 0 Å². The van der Waals surface area contributed by atoms with Crippen LogP contribution in [0.4, 0.5) is 5.95 Å². The van der Waals surface area contributed by atoms with Gasteiger partial charge in [0.15, 0.2) is 5.82 Å². The lowest BCUT2D eigenvalue weighted by molar-refractivity contribution is 0.0876. The van der Waals surface area contributed by atoms with Gasteiger partial charge < -0.3 is 15.0 Å². The molecule has 110 valence electrons. The highest BCUT2D eigenvalue weighted by atomic mass is 16.5. The van der Waals surface area contributed by atoms with Crippen molar-refractivity contribution in [1.29, 1.82) is 0 Å². The predicted octanol–water partition coefficient (Wildman–Crippen LogP) is 1.09. The lowest BCUT2D eigenvalue weighted by Gasteiger charge is -2.36. The van der Waals surface area contributed by atoms with Gasteiger partial charge in [-0.2, -0.15) is 4.98 Å². The molecule has 1 aromatic heterocycles. The minimum Gasteiger partial charge on any atom is -0.370 e. The Hall–Kier alpha value is -1.14. The number of piperidine rings is 1. The van der Waals surface area contributed by atoms with Crippen molar-refractivity contribution in [1.82, 2.24) is 20.5 Å². The molecule has 4 rings (SSSR count). The number of nitrogens with zero attached hydrogens (tertiary/aromatic N) is 3. The van der Waals surface area contributed by atoms with E-state index in [-0.39, 0.29) is 6.10 Å². The lowest BCUT2D eigenvalue weighted by Crippen LogP contribution is -2.45. The van der Waals surface area contributed by atoms with Gasteiger partial charge in [0.05, 0.1) is 0 Å². The van der Waals surface area contributed by atoms with E-state index >= 15 is 0 Å². The van der Waals surface area contributed by atoms with E-state index in [0.29, 0.717) is 12.0 Å². The molecule has 3 aliphatic heterocycles. The van der Waals surface area contributed by atoms with Crippen LogP contribution in [-0.2, 0) is 4.74 Å². The van der Waals surface area contributed by atoms with Gasteiger partial charge in [-0.15, -0.1) is 5.10 Å². The van der Waals surface area contributed by atoms with Crippen LogP contribution >= 0.6 is 0 Å². The summed E-state index contributed by atoms with van der Waals surface area (Å²) in [5.41, 5.74) is 0. The van der Waals surface area contributed by atoms with E-state index in [1.807, 2.05) is 0 Å². The number of fused-ring (bicyclic) bond motifs is 1. The van der Waals surface area contributed by atoms with Crippen LogP contribution in [0.3, 0.4) is 0 Å². The van der Waals surface area contributed by atoms with Gasteiger partial charge in [-0.1, -0.05) is 6.92 Å². The summed E-state index contributed by atoms with van der Waals surface area (Å²) in [6.45, 7) is 6.32. The molecular formula is C14H23N5O. The van der Waals surface area contributed by atoms with Crippen LogP contribution in [0.25, 0.3) is 0 Å². The number of anilines is 1. The van der Waals surface area contributed by atoms with Gasteiger partial charge in [0, 0.05) is 32.3 Å². The third-order valence-corrected chi connectivity index (χ3v) is 5.08. The molecule has 6 nitrogen and oxygen atoms in total. The SMILES string of the molecule is CC1CCOC1c1nc(N2CCCC3CNCC32)n[nH]1. The number of ether oxygens (including phenoxy) is 1. The van der Waals surface area contributed by atoms with E-state index in [0.717, 1.165) is 50.4 Å². The first-order valence-corrected chi connectivity index (χ1v) is 7.84. The van der Waals surface area contributed by atoms with Crippen molar-refractivity contribution in [2.24, 2.45) is 11.8 Å². The fraction of sp³-hybridized carbons (Fsp3) is 0.857. The molecule has 0 amide bonds.